The van der Waals surface area contributed by atoms with Crippen LogP contribution in [0.1, 0.15) is 57.2 Å². The fraction of sp³-hybridized carbons (Fsp3) is 0.857. The van der Waals surface area contributed by atoms with Crippen molar-refractivity contribution in [2.75, 3.05) is 13.2 Å². The van der Waals surface area contributed by atoms with Crippen molar-refractivity contribution < 1.29 is 14.0 Å². The Morgan fingerprint density at radius 1 is 1.40 bits per heavy atom. The summed E-state index contributed by atoms with van der Waals surface area (Å²) in [4.78, 5) is 4.47. The van der Waals surface area contributed by atoms with Crippen LogP contribution in [0.5, 0.6) is 0 Å². The van der Waals surface area contributed by atoms with E-state index in [4.69, 9.17) is 19.7 Å². The molecular weight excluding hydrogens is 258 g/mol. The van der Waals surface area contributed by atoms with Crippen molar-refractivity contribution in [3.05, 3.63) is 11.7 Å². The summed E-state index contributed by atoms with van der Waals surface area (Å²) in [5, 5.41) is 4.04. The molecule has 2 aliphatic rings. The van der Waals surface area contributed by atoms with Crippen LogP contribution in [-0.4, -0.2) is 35.6 Å². The van der Waals surface area contributed by atoms with Gasteiger partial charge in [-0.2, -0.15) is 4.98 Å². The number of nitrogens with two attached hydrogens (primary N) is 1. The van der Waals surface area contributed by atoms with Gasteiger partial charge in [-0.3, -0.25) is 0 Å². The molecule has 3 atom stereocenters. The van der Waals surface area contributed by atoms with E-state index in [0.717, 1.165) is 25.9 Å². The van der Waals surface area contributed by atoms with Crippen LogP contribution in [0.25, 0.3) is 0 Å². The molecule has 0 bridgehead atoms. The van der Waals surface area contributed by atoms with Crippen LogP contribution in [0.2, 0.25) is 0 Å². The van der Waals surface area contributed by atoms with Crippen molar-refractivity contribution in [3.63, 3.8) is 0 Å². The van der Waals surface area contributed by atoms with Crippen LogP contribution in [0, 0.1) is 0 Å². The normalized spacial score (nSPS) is 30.1. The molecule has 3 rings (SSSR count). The predicted molar refractivity (Wildman–Crippen MR) is 72.2 cm³/mol. The summed E-state index contributed by atoms with van der Waals surface area (Å²) in [5.41, 5.74) is 5.56. The predicted octanol–water partition coefficient (Wildman–Crippen LogP) is 1.70. The second kappa shape index (κ2) is 5.42. The number of hydrogen-bond donors (Lipinski definition) is 1. The quantitative estimate of drug-likeness (QED) is 0.884. The number of hydrogen-bond acceptors (Lipinski definition) is 6. The lowest BCUT2D eigenvalue weighted by Gasteiger charge is -2.29. The number of aromatic nitrogens is 2. The summed E-state index contributed by atoms with van der Waals surface area (Å²) in [5.74, 6) is 1.33. The van der Waals surface area contributed by atoms with Gasteiger partial charge in [-0.1, -0.05) is 5.16 Å². The number of nitrogens with zero attached hydrogens (tertiary/aromatic N) is 2. The average molecular weight is 281 g/mol. The fourth-order valence-corrected chi connectivity index (χ4v) is 2.57. The summed E-state index contributed by atoms with van der Waals surface area (Å²) in [6.07, 6.45) is 4.90. The fourth-order valence-electron chi connectivity index (χ4n) is 2.57. The first-order chi connectivity index (χ1) is 9.56. The van der Waals surface area contributed by atoms with Crippen LogP contribution in [-0.2, 0) is 15.0 Å². The number of ether oxygens (including phenoxy) is 2. The molecule has 1 aliphatic carbocycles. The molecule has 0 aromatic carbocycles. The van der Waals surface area contributed by atoms with Crippen molar-refractivity contribution in [2.24, 2.45) is 5.73 Å². The van der Waals surface area contributed by atoms with Crippen molar-refractivity contribution >= 4 is 0 Å². The Hall–Kier alpha value is -0.980. The molecule has 1 aliphatic heterocycles. The van der Waals surface area contributed by atoms with Gasteiger partial charge in [-0.05, 0) is 39.5 Å². The number of rotatable bonds is 5. The first-order valence-electron chi connectivity index (χ1n) is 7.42. The molecular formula is C14H23N3O3. The SMILES string of the molecule is CC1OCCC1c1nc(C(C)(N)COC2CCC2)no1. The smallest absolute Gasteiger partial charge is 0.232 e. The Balaban J connectivity index is 1.64. The van der Waals surface area contributed by atoms with E-state index < -0.39 is 5.54 Å². The minimum absolute atomic E-state index is 0.124. The lowest BCUT2D eigenvalue weighted by Crippen LogP contribution is -2.41. The summed E-state index contributed by atoms with van der Waals surface area (Å²) < 4.78 is 16.7. The third-order valence-electron chi connectivity index (χ3n) is 4.32. The Morgan fingerprint density at radius 3 is 2.80 bits per heavy atom. The summed E-state index contributed by atoms with van der Waals surface area (Å²) in [6, 6.07) is 0. The molecule has 2 N–H and O–H groups in total. The molecule has 0 spiro atoms. The van der Waals surface area contributed by atoms with Gasteiger partial charge in [0.15, 0.2) is 5.82 Å². The Labute approximate surface area is 119 Å². The maximum Gasteiger partial charge on any atom is 0.232 e. The molecule has 112 valence electrons. The standard InChI is InChI=1S/C14H23N3O3/c1-9-11(6-7-18-9)12-16-13(17-20-12)14(2,15)8-19-10-4-3-5-10/h9-11H,3-8,15H2,1-2H3. The zero-order chi connectivity index (χ0) is 14.2. The monoisotopic (exact) mass is 281 g/mol. The van der Waals surface area contributed by atoms with Crippen molar-refractivity contribution in [2.45, 2.75) is 63.2 Å². The molecule has 0 radical (unpaired) electrons. The highest BCUT2D eigenvalue weighted by Gasteiger charge is 2.35. The summed E-state index contributed by atoms with van der Waals surface area (Å²) in [6.45, 7) is 5.08. The van der Waals surface area contributed by atoms with E-state index in [-0.39, 0.29) is 12.0 Å². The molecule has 6 heteroatoms. The van der Waals surface area contributed by atoms with Gasteiger partial charge in [-0.25, -0.2) is 0 Å². The van der Waals surface area contributed by atoms with Crippen LogP contribution in [0.3, 0.4) is 0 Å². The van der Waals surface area contributed by atoms with Gasteiger partial charge >= 0.3 is 0 Å². The third-order valence-corrected chi connectivity index (χ3v) is 4.32. The van der Waals surface area contributed by atoms with E-state index in [0.29, 0.717) is 24.4 Å². The van der Waals surface area contributed by atoms with Crippen LogP contribution in [0.15, 0.2) is 4.52 Å². The molecule has 0 amide bonds. The molecule has 6 nitrogen and oxygen atoms in total. The molecule has 1 aromatic rings. The van der Waals surface area contributed by atoms with Crippen LogP contribution in [0.4, 0.5) is 0 Å². The van der Waals surface area contributed by atoms with E-state index in [9.17, 15) is 0 Å². The topological polar surface area (TPSA) is 83.4 Å². The van der Waals surface area contributed by atoms with E-state index in [2.05, 4.69) is 10.1 Å². The van der Waals surface area contributed by atoms with Gasteiger partial charge in [0, 0.05) is 6.61 Å². The summed E-state index contributed by atoms with van der Waals surface area (Å²) in [7, 11) is 0. The lowest BCUT2D eigenvalue weighted by atomic mass is 9.95. The van der Waals surface area contributed by atoms with Gasteiger partial charge in [0.05, 0.1) is 24.7 Å². The molecule has 20 heavy (non-hydrogen) atoms. The maximum absolute atomic E-state index is 6.27. The molecule has 1 aromatic heterocycles. The Kier molecular flexibility index (Phi) is 3.79. The molecule has 1 saturated carbocycles. The van der Waals surface area contributed by atoms with Crippen LogP contribution >= 0.6 is 0 Å². The first-order valence-corrected chi connectivity index (χ1v) is 7.42. The van der Waals surface area contributed by atoms with Gasteiger partial charge < -0.3 is 19.7 Å². The van der Waals surface area contributed by atoms with Gasteiger partial charge in [0.25, 0.3) is 0 Å². The van der Waals surface area contributed by atoms with Gasteiger partial charge in [0.2, 0.25) is 5.89 Å². The van der Waals surface area contributed by atoms with E-state index in [1.807, 2.05) is 13.8 Å². The molecule has 2 heterocycles. The van der Waals surface area contributed by atoms with Gasteiger partial charge in [-0.15, -0.1) is 0 Å². The second-order valence-corrected chi connectivity index (χ2v) is 6.21. The van der Waals surface area contributed by atoms with Gasteiger partial charge in [0.1, 0.15) is 5.54 Å². The van der Waals surface area contributed by atoms with E-state index >= 15 is 0 Å². The highest BCUT2D eigenvalue weighted by atomic mass is 16.5. The first kappa shape index (κ1) is 14.0. The van der Waals surface area contributed by atoms with E-state index in [1.54, 1.807) is 0 Å². The Bertz CT molecular complexity index is 456. The largest absolute Gasteiger partial charge is 0.378 e. The molecule has 1 saturated heterocycles. The minimum atomic E-state index is -0.708. The highest BCUT2D eigenvalue weighted by Crippen LogP contribution is 2.31. The zero-order valence-electron chi connectivity index (χ0n) is 12.2. The van der Waals surface area contributed by atoms with E-state index in [1.165, 1.54) is 6.42 Å². The van der Waals surface area contributed by atoms with Crippen molar-refractivity contribution in [3.8, 4) is 0 Å². The summed E-state index contributed by atoms with van der Waals surface area (Å²) >= 11 is 0. The third kappa shape index (κ3) is 2.73. The lowest BCUT2D eigenvalue weighted by molar-refractivity contribution is -0.0222. The van der Waals surface area contributed by atoms with Crippen molar-refractivity contribution in [1.29, 1.82) is 0 Å². The average Bonchev–Trinajstić information content (AvgIpc) is 2.94. The molecule has 2 fully saturated rings. The second-order valence-electron chi connectivity index (χ2n) is 6.21. The van der Waals surface area contributed by atoms with Crippen molar-refractivity contribution in [1.82, 2.24) is 10.1 Å². The zero-order valence-corrected chi connectivity index (χ0v) is 12.2. The Morgan fingerprint density at radius 2 is 2.20 bits per heavy atom. The molecule has 3 unspecified atom stereocenters. The minimum Gasteiger partial charge on any atom is -0.378 e. The highest BCUT2D eigenvalue weighted by molar-refractivity contribution is 5.06. The van der Waals surface area contributed by atoms with Crippen LogP contribution < -0.4 is 5.73 Å². The maximum atomic E-state index is 6.27.